The van der Waals surface area contributed by atoms with E-state index in [-0.39, 0.29) is 17.9 Å². The molecule has 0 spiro atoms. The Hall–Kier alpha value is -2.57. The predicted molar refractivity (Wildman–Crippen MR) is 108 cm³/mol. The molecule has 1 heterocycles. The van der Waals surface area contributed by atoms with Crippen molar-refractivity contribution in [3.63, 3.8) is 0 Å². The van der Waals surface area contributed by atoms with Gasteiger partial charge in [0.1, 0.15) is 0 Å². The molecule has 2 aliphatic rings. The van der Waals surface area contributed by atoms with Crippen LogP contribution in [0.5, 0.6) is 0 Å². The SMILES string of the molecule is CN=C(NCc1ccc(C(=O)OC)cc1)NC1CCN(C(=O)C2CCCC2)C1. The molecule has 2 N–H and O–H groups in total. The number of nitrogens with one attached hydrogen (secondary N) is 2. The molecule has 1 aliphatic carbocycles. The second kappa shape index (κ2) is 9.57. The molecule has 7 heteroatoms. The number of nitrogens with zero attached hydrogens (tertiary/aromatic N) is 2. The van der Waals surface area contributed by atoms with Crippen molar-refractivity contribution in [3.8, 4) is 0 Å². The first-order valence-electron chi connectivity index (χ1n) is 10.0. The quantitative estimate of drug-likeness (QED) is 0.459. The number of esters is 1. The molecule has 0 bridgehead atoms. The number of benzene rings is 1. The van der Waals surface area contributed by atoms with Gasteiger partial charge in [0.2, 0.25) is 5.91 Å². The number of amides is 1. The zero-order valence-electron chi connectivity index (χ0n) is 16.7. The average Bonchev–Trinajstić information content (AvgIpc) is 3.42. The Labute approximate surface area is 166 Å². The fraction of sp³-hybridized carbons (Fsp3) is 0.571. The molecule has 0 aromatic heterocycles. The summed E-state index contributed by atoms with van der Waals surface area (Å²) in [7, 11) is 3.12. The van der Waals surface area contributed by atoms with Crippen LogP contribution in [0.3, 0.4) is 0 Å². The van der Waals surface area contributed by atoms with E-state index in [0.29, 0.717) is 18.0 Å². The van der Waals surface area contributed by atoms with Gasteiger partial charge in [-0.2, -0.15) is 0 Å². The van der Waals surface area contributed by atoms with Crippen molar-refractivity contribution in [3.05, 3.63) is 35.4 Å². The number of ether oxygens (including phenoxy) is 1. The van der Waals surface area contributed by atoms with E-state index in [1.165, 1.54) is 20.0 Å². The lowest BCUT2D eigenvalue weighted by Gasteiger charge is -2.21. The topological polar surface area (TPSA) is 83.0 Å². The Kier molecular flexibility index (Phi) is 6.90. The van der Waals surface area contributed by atoms with Gasteiger partial charge in [-0.3, -0.25) is 9.79 Å². The molecule has 28 heavy (non-hydrogen) atoms. The summed E-state index contributed by atoms with van der Waals surface area (Å²) in [6.45, 7) is 2.15. The molecule has 1 aromatic rings. The molecule has 1 saturated carbocycles. The van der Waals surface area contributed by atoms with Crippen LogP contribution in [0.1, 0.15) is 48.0 Å². The van der Waals surface area contributed by atoms with Gasteiger partial charge in [0.25, 0.3) is 0 Å². The highest BCUT2D eigenvalue weighted by atomic mass is 16.5. The highest BCUT2D eigenvalue weighted by molar-refractivity contribution is 5.89. The number of carbonyl (C=O) groups excluding carboxylic acids is 2. The zero-order chi connectivity index (χ0) is 19.9. The molecule has 2 fully saturated rings. The second-order valence-corrected chi connectivity index (χ2v) is 7.51. The van der Waals surface area contributed by atoms with Crippen LogP contribution in [-0.2, 0) is 16.1 Å². The van der Waals surface area contributed by atoms with Gasteiger partial charge in [0.05, 0.1) is 12.7 Å². The minimum Gasteiger partial charge on any atom is -0.465 e. The van der Waals surface area contributed by atoms with Crippen LogP contribution in [-0.4, -0.2) is 56.0 Å². The van der Waals surface area contributed by atoms with Crippen LogP contribution in [0.4, 0.5) is 0 Å². The lowest BCUT2D eigenvalue weighted by atomic mass is 10.1. The Morgan fingerprint density at radius 2 is 1.89 bits per heavy atom. The van der Waals surface area contributed by atoms with Crippen molar-refractivity contribution in [1.82, 2.24) is 15.5 Å². The van der Waals surface area contributed by atoms with Crippen LogP contribution in [0.15, 0.2) is 29.3 Å². The van der Waals surface area contributed by atoms with Crippen molar-refractivity contribution < 1.29 is 14.3 Å². The first-order chi connectivity index (χ1) is 13.6. The molecular formula is C21H30N4O3. The molecule has 0 radical (unpaired) electrons. The van der Waals surface area contributed by atoms with Crippen molar-refractivity contribution in [2.24, 2.45) is 10.9 Å². The van der Waals surface area contributed by atoms with Crippen molar-refractivity contribution in [1.29, 1.82) is 0 Å². The van der Waals surface area contributed by atoms with E-state index < -0.39 is 0 Å². The number of likely N-dealkylation sites (tertiary alicyclic amines) is 1. The number of methoxy groups -OCH3 is 1. The molecule has 1 saturated heterocycles. The number of hydrogen-bond donors (Lipinski definition) is 2. The monoisotopic (exact) mass is 386 g/mol. The van der Waals surface area contributed by atoms with Crippen molar-refractivity contribution in [2.75, 3.05) is 27.2 Å². The largest absolute Gasteiger partial charge is 0.465 e. The summed E-state index contributed by atoms with van der Waals surface area (Å²) in [5.41, 5.74) is 1.58. The summed E-state index contributed by atoms with van der Waals surface area (Å²) >= 11 is 0. The highest BCUT2D eigenvalue weighted by Gasteiger charge is 2.32. The number of rotatable bonds is 5. The summed E-state index contributed by atoms with van der Waals surface area (Å²) in [5.74, 6) is 0.951. The van der Waals surface area contributed by atoms with E-state index >= 15 is 0 Å². The molecule has 7 nitrogen and oxygen atoms in total. The molecule has 1 atom stereocenters. The molecule has 1 unspecified atom stereocenters. The van der Waals surface area contributed by atoms with E-state index in [1.807, 2.05) is 17.0 Å². The fourth-order valence-corrected chi connectivity index (χ4v) is 3.96. The Morgan fingerprint density at radius 3 is 2.54 bits per heavy atom. The number of aliphatic imine (C=N–C) groups is 1. The number of carbonyl (C=O) groups is 2. The summed E-state index contributed by atoms with van der Waals surface area (Å²) in [5, 5.41) is 6.71. The Balaban J connectivity index is 1.46. The first kappa shape index (κ1) is 20.2. The maximum absolute atomic E-state index is 12.6. The van der Waals surface area contributed by atoms with Crippen LogP contribution >= 0.6 is 0 Å². The van der Waals surface area contributed by atoms with Gasteiger partial charge >= 0.3 is 5.97 Å². The third-order valence-corrected chi connectivity index (χ3v) is 5.60. The van der Waals surface area contributed by atoms with Gasteiger partial charge in [-0.1, -0.05) is 25.0 Å². The third-order valence-electron chi connectivity index (χ3n) is 5.60. The highest BCUT2D eigenvalue weighted by Crippen LogP contribution is 2.27. The lowest BCUT2D eigenvalue weighted by Crippen LogP contribution is -2.45. The van der Waals surface area contributed by atoms with Gasteiger partial charge in [-0.15, -0.1) is 0 Å². The third kappa shape index (κ3) is 5.03. The van der Waals surface area contributed by atoms with Gasteiger partial charge in [-0.25, -0.2) is 4.79 Å². The molecule has 1 aromatic carbocycles. The summed E-state index contributed by atoms with van der Waals surface area (Å²) in [4.78, 5) is 30.4. The second-order valence-electron chi connectivity index (χ2n) is 7.51. The Bertz CT molecular complexity index is 711. The molecule has 1 aliphatic heterocycles. The van der Waals surface area contributed by atoms with Crippen LogP contribution in [0.2, 0.25) is 0 Å². The first-order valence-corrected chi connectivity index (χ1v) is 10.0. The van der Waals surface area contributed by atoms with Gasteiger partial charge in [0.15, 0.2) is 5.96 Å². The van der Waals surface area contributed by atoms with Gasteiger partial charge in [-0.05, 0) is 37.0 Å². The van der Waals surface area contributed by atoms with Gasteiger partial charge < -0.3 is 20.3 Å². The van der Waals surface area contributed by atoms with E-state index in [2.05, 4.69) is 15.6 Å². The van der Waals surface area contributed by atoms with E-state index in [4.69, 9.17) is 4.74 Å². The minimum atomic E-state index is -0.338. The maximum Gasteiger partial charge on any atom is 0.337 e. The summed E-state index contributed by atoms with van der Waals surface area (Å²) in [6, 6.07) is 7.51. The van der Waals surface area contributed by atoms with E-state index in [0.717, 1.165) is 43.9 Å². The van der Waals surface area contributed by atoms with Crippen LogP contribution < -0.4 is 10.6 Å². The number of hydrogen-bond acceptors (Lipinski definition) is 4. The van der Waals surface area contributed by atoms with Gasteiger partial charge in [0, 0.05) is 38.6 Å². The van der Waals surface area contributed by atoms with Crippen molar-refractivity contribution in [2.45, 2.75) is 44.7 Å². The molecular weight excluding hydrogens is 356 g/mol. The fourth-order valence-electron chi connectivity index (χ4n) is 3.96. The van der Waals surface area contributed by atoms with E-state index in [1.54, 1.807) is 19.2 Å². The molecule has 1 amide bonds. The van der Waals surface area contributed by atoms with E-state index in [9.17, 15) is 9.59 Å². The molecule has 152 valence electrons. The van der Waals surface area contributed by atoms with Crippen LogP contribution in [0, 0.1) is 5.92 Å². The van der Waals surface area contributed by atoms with Crippen molar-refractivity contribution >= 4 is 17.8 Å². The molecule has 3 rings (SSSR count). The normalized spacial score (nSPS) is 20.3. The number of guanidine groups is 1. The summed E-state index contributed by atoms with van der Waals surface area (Å²) in [6.07, 6.45) is 5.40. The lowest BCUT2D eigenvalue weighted by molar-refractivity contribution is -0.134. The summed E-state index contributed by atoms with van der Waals surface area (Å²) < 4.78 is 4.71. The predicted octanol–water partition coefficient (Wildman–Crippen LogP) is 1.93. The standard InChI is InChI=1S/C21H30N4O3/c1-22-21(23-13-15-7-9-17(10-8-15)20(27)28-2)24-18-11-12-25(14-18)19(26)16-5-3-4-6-16/h7-10,16,18H,3-6,11-14H2,1-2H3,(H2,22,23,24). The average molecular weight is 386 g/mol. The minimum absolute atomic E-state index is 0.221. The zero-order valence-corrected chi connectivity index (χ0v) is 16.7. The maximum atomic E-state index is 12.6. The smallest absolute Gasteiger partial charge is 0.337 e. The van der Waals surface area contributed by atoms with Crippen LogP contribution in [0.25, 0.3) is 0 Å². The Morgan fingerprint density at radius 1 is 1.18 bits per heavy atom.